The zero-order chi connectivity index (χ0) is 9.84. The van der Waals surface area contributed by atoms with Crippen LogP contribution >= 0.6 is 11.3 Å². The van der Waals surface area contributed by atoms with Crippen molar-refractivity contribution >= 4 is 17.3 Å². The number of thiophene rings is 1. The van der Waals surface area contributed by atoms with Gasteiger partial charge in [0.25, 0.3) is 0 Å². The number of carboxylic acid groups (broad SMARTS) is 1. The number of aliphatic carboxylic acids is 1. The molecule has 4 nitrogen and oxygen atoms in total. The van der Waals surface area contributed by atoms with Crippen molar-refractivity contribution in [3.8, 4) is 6.07 Å². The third-order valence-electron chi connectivity index (χ3n) is 1.61. The van der Waals surface area contributed by atoms with Crippen molar-refractivity contribution < 1.29 is 9.90 Å². The van der Waals surface area contributed by atoms with E-state index in [1.54, 1.807) is 10.8 Å². The van der Waals surface area contributed by atoms with Gasteiger partial charge in [0.1, 0.15) is 6.07 Å². The van der Waals surface area contributed by atoms with Crippen molar-refractivity contribution in [1.82, 2.24) is 0 Å². The molecule has 0 aliphatic rings. The van der Waals surface area contributed by atoms with Crippen molar-refractivity contribution in [1.29, 1.82) is 5.26 Å². The second-order valence-electron chi connectivity index (χ2n) is 2.56. The van der Waals surface area contributed by atoms with Gasteiger partial charge in [0.2, 0.25) is 0 Å². The molecule has 1 heterocycles. The van der Waals surface area contributed by atoms with Gasteiger partial charge < -0.3 is 10.8 Å². The maximum Gasteiger partial charge on any atom is 0.305 e. The molecular weight excluding hydrogens is 188 g/mol. The Balaban J connectivity index is 2.83. The number of nitrogens with two attached hydrogens (primary N) is 1. The van der Waals surface area contributed by atoms with E-state index in [0.29, 0.717) is 11.1 Å². The van der Waals surface area contributed by atoms with E-state index in [4.69, 9.17) is 16.1 Å². The first-order valence-corrected chi connectivity index (χ1v) is 4.53. The van der Waals surface area contributed by atoms with Crippen LogP contribution in [0, 0.1) is 11.3 Å². The highest BCUT2D eigenvalue weighted by Gasteiger charge is 2.14. The second kappa shape index (κ2) is 4.03. The number of hydrogen-bond donors (Lipinski definition) is 2. The first-order chi connectivity index (χ1) is 6.15. The lowest BCUT2D eigenvalue weighted by atomic mass is 10.0. The molecule has 0 aromatic carbocycles. The molecule has 0 amide bonds. The number of nitriles is 1. The van der Waals surface area contributed by atoms with Crippen molar-refractivity contribution in [2.45, 2.75) is 12.5 Å². The number of carboxylic acids is 1. The number of hydrogen-bond acceptors (Lipinski definition) is 4. The van der Waals surface area contributed by atoms with Crippen LogP contribution in [0.1, 0.15) is 23.6 Å². The fourth-order valence-electron chi connectivity index (χ4n) is 0.983. The van der Waals surface area contributed by atoms with Crippen molar-refractivity contribution in [3.63, 3.8) is 0 Å². The molecule has 1 unspecified atom stereocenters. The van der Waals surface area contributed by atoms with Crippen LogP contribution in [0.25, 0.3) is 0 Å². The molecule has 1 rings (SSSR count). The van der Waals surface area contributed by atoms with Gasteiger partial charge in [-0.1, -0.05) is 0 Å². The number of rotatable bonds is 3. The van der Waals surface area contributed by atoms with Gasteiger partial charge in [0, 0.05) is 11.4 Å². The van der Waals surface area contributed by atoms with E-state index in [0.717, 1.165) is 0 Å². The van der Waals surface area contributed by atoms with E-state index >= 15 is 0 Å². The Hall–Kier alpha value is -1.38. The third kappa shape index (κ3) is 2.28. The van der Waals surface area contributed by atoms with E-state index in [-0.39, 0.29) is 6.42 Å². The minimum absolute atomic E-state index is 0.147. The van der Waals surface area contributed by atoms with E-state index in [2.05, 4.69) is 0 Å². The topological polar surface area (TPSA) is 87.1 Å². The van der Waals surface area contributed by atoms with Crippen LogP contribution in [-0.4, -0.2) is 11.1 Å². The first-order valence-electron chi connectivity index (χ1n) is 3.58. The molecule has 3 N–H and O–H groups in total. The van der Waals surface area contributed by atoms with Gasteiger partial charge in [-0.25, -0.2) is 0 Å². The maximum absolute atomic E-state index is 10.3. The molecule has 0 spiro atoms. The Morgan fingerprint density at radius 3 is 3.00 bits per heavy atom. The van der Waals surface area contributed by atoms with Crippen molar-refractivity contribution in [3.05, 3.63) is 21.9 Å². The lowest BCUT2D eigenvalue weighted by molar-refractivity contribution is -0.137. The molecule has 1 aromatic rings. The van der Waals surface area contributed by atoms with E-state index in [1.807, 2.05) is 6.07 Å². The summed E-state index contributed by atoms with van der Waals surface area (Å²) in [4.78, 5) is 10.3. The zero-order valence-corrected chi connectivity index (χ0v) is 7.54. The van der Waals surface area contributed by atoms with Crippen molar-refractivity contribution in [2.24, 2.45) is 5.73 Å². The smallest absolute Gasteiger partial charge is 0.305 e. The van der Waals surface area contributed by atoms with Gasteiger partial charge in [-0.15, -0.1) is 0 Å². The molecule has 0 saturated carbocycles. The van der Waals surface area contributed by atoms with Crippen LogP contribution in [0.3, 0.4) is 0 Å². The summed E-state index contributed by atoms with van der Waals surface area (Å²) in [6, 6.07) is 1.38. The zero-order valence-electron chi connectivity index (χ0n) is 6.73. The highest BCUT2D eigenvalue weighted by molar-refractivity contribution is 7.08. The highest BCUT2D eigenvalue weighted by Crippen LogP contribution is 2.22. The SMILES string of the molecule is N#Cc1cscc1C(N)CC(=O)O. The maximum atomic E-state index is 10.3. The second-order valence-corrected chi connectivity index (χ2v) is 3.30. The van der Waals surface area contributed by atoms with Gasteiger partial charge in [0.05, 0.1) is 12.0 Å². The lowest BCUT2D eigenvalue weighted by Crippen LogP contribution is -2.15. The molecule has 68 valence electrons. The summed E-state index contributed by atoms with van der Waals surface area (Å²) < 4.78 is 0. The summed E-state index contributed by atoms with van der Waals surface area (Å²) >= 11 is 1.35. The van der Waals surface area contributed by atoms with Crippen LogP contribution in [0.2, 0.25) is 0 Å². The predicted octanol–water partition coefficient (Wildman–Crippen LogP) is 1.09. The fraction of sp³-hybridized carbons (Fsp3) is 0.250. The normalized spacial score (nSPS) is 12.0. The first kappa shape index (κ1) is 9.71. The Bertz CT molecular complexity index is 353. The third-order valence-corrected chi connectivity index (χ3v) is 2.37. The summed E-state index contributed by atoms with van der Waals surface area (Å²) in [6.07, 6.45) is -0.147. The highest BCUT2D eigenvalue weighted by atomic mass is 32.1. The van der Waals surface area contributed by atoms with Crippen LogP contribution in [-0.2, 0) is 4.79 Å². The molecular formula is C8H8N2O2S. The summed E-state index contributed by atoms with van der Waals surface area (Å²) in [5.74, 6) is -0.956. The fourth-order valence-corrected chi connectivity index (χ4v) is 1.82. The largest absolute Gasteiger partial charge is 0.481 e. The minimum atomic E-state index is -0.956. The number of nitrogens with zero attached hydrogens (tertiary/aromatic N) is 1. The molecule has 0 fully saturated rings. The number of carbonyl (C=O) groups is 1. The van der Waals surface area contributed by atoms with Crippen LogP contribution in [0.4, 0.5) is 0 Å². The van der Waals surface area contributed by atoms with Crippen molar-refractivity contribution in [2.75, 3.05) is 0 Å². The quantitative estimate of drug-likeness (QED) is 0.757. The summed E-state index contributed by atoms with van der Waals surface area (Å²) in [5, 5.41) is 20.5. The molecule has 0 radical (unpaired) electrons. The van der Waals surface area contributed by atoms with Gasteiger partial charge in [0.15, 0.2) is 0 Å². The summed E-state index contributed by atoms with van der Waals surface area (Å²) in [5.41, 5.74) is 6.68. The molecule has 0 saturated heterocycles. The van der Waals surface area contributed by atoms with E-state index < -0.39 is 12.0 Å². The molecule has 0 aliphatic carbocycles. The molecule has 13 heavy (non-hydrogen) atoms. The van der Waals surface area contributed by atoms with E-state index in [9.17, 15) is 4.79 Å². The Morgan fingerprint density at radius 2 is 2.46 bits per heavy atom. The molecule has 1 aromatic heterocycles. The predicted molar refractivity (Wildman–Crippen MR) is 48.2 cm³/mol. The van der Waals surface area contributed by atoms with Crippen LogP contribution < -0.4 is 5.73 Å². The molecule has 1 atom stereocenters. The Morgan fingerprint density at radius 1 is 1.77 bits per heavy atom. The Labute approximate surface area is 79.2 Å². The Kier molecular flexibility index (Phi) is 3.01. The lowest BCUT2D eigenvalue weighted by Gasteiger charge is -2.06. The van der Waals surface area contributed by atoms with Crippen LogP contribution in [0.5, 0.6) is 0 Å². The van der Waals surface area contributed by atoms with Gasteiger partial charge in [-0.3, -0.25) is 4.79 Å². The molecule has 0 bridgehead atoms. The monoisotopic (exact) mass is 196 g/mol. The molecule has 5 heteroatoms. The van der Waals surface area contributed by atoms with Gasteiger partial charge >= 0.3 is 5.97 Å². The average Bonchev–Trinajstić information content (AvgIpc) is 2.49. The van der Waals surface area contributed by atoms with Gasteiger partial charge in [-0.2, -0.15) is 16.6 Å². The summed E-state index contributed by atoms with van der Waals surface area (Å²) in [7, 11) is 0. The van der Waals surface area contributed by atoms with E-state index in [1.165, 1.54) is 11.3 Å². The van der Waals surface area contributed by atoms with Gasteiger partial charge in [-0.05, 0) is 10.9 Å². The minimum Gasteiger partial charge on any atom is -0.481 e. The molecule has 0 aliphatic heterocycles. The standard InChI is InChI=1S/C8H8N2O2S/c9-2-5-3-13-4-6(5)7(10)1-8(11)12/h3-4,7H,1,10H2,(H,11,12). The average molecular weight is 196 g/mol. The summed E-state index contributed by atoms with van der Waals surface area (Å²) in [6.45, 7) is 0. The van der Waals surface area contributed by atoms with Crippen LogP contribution in [0.15, 0.2) is 10.8 Å².